The molecule has 1 aliphatic carbocycles. The van der Waals surface area contributed by atoms with Crippen molar-refractivity contribution in [2.75, 3.05) is 75.9 Å². The number of halogens is 1. The van der Waals surface area contributed by atoms with Gasteiger partial charge in [-0.3, -0.25) is 48.5 Å². The van der Waals surface area contributed by atoms with Gasteiger partial charge in [-0.1, -0.05) is 177 Å². The number of alkyl carbamates (subject to hydrolysis) is 1. The van der Waals surface area contributed by atoms with Crippen LogP contribution in [-0.4, -0.2) is 264 Å². The van der Waals surface area contributed by atoms with E-state index in [0.29, 0.717) is 47.9 Å². The molecule has 686 valence electrons. The number of nitrogens with two attached hydrogens (primary N) is 1. The van der Waals surface area contributed by atoms with Gasteiger partial charge in [-0.05, 0) is 125 Å². The number of methoxy groups -OCH3 is 2. The number of nitrogens with zero attached hydrogens (tertiary/aromatic N) is 2. The zero-order chi connectivity index (χ0) is 91.7. The van der Waals surface area contributed by atoms with Gasteiger partial charge in [-0.15, -0.1) is 0 Å². The molecule has 4 aromatic carbocycles. The molecule has 3 fully saturated rings. The number of hydrogen-bond acceptors (Lipinski definition) is 26. The first-order valence-electron chi connectivity index (χ1n) is 41.9. The number of aliphatic hydroxyl groups excluding tert-OH is 3. The van der Waals surface area contributed by atoms with E-state index in [0.717, 1.165) is 38.3 Å². The van der Waals surface area contributed by atoms with Gasteiger partial charge >= 0.3 is 18.1 Å². The number of allylic oxidation sites excluding steroid dienone is 4. The molecule has 15 N–H and O–H groups in total. The van der Waals surface area contributed by atoms with Crippen molar-refractivity contribution in [2.24, 2.45) is 17.6 Å². The maximum atomic E-state index is 15.4. The fourth-order valence-corrected chi connectivity index (χ4v) is 19.8. The molecule has 18 atom stereocenters. The van der Waals surface area contributed by atoms with E-state index in [1.54, 1.807) is 98.8 Å². The number of ether oxygens (including phenoxy) is 5. The summed E-state index contributed by atoms with van der Waals surface area (Å²) in [7, 11) is 10.3. The van der Waals surface area contributed by atoms with Crippen LogP contribution in [0, 0.1) is 11.8 Å². The molecule has 0 radical (unpaired) electrons. The Balaban J connectivity index is 0.889. The minimum atomic E-state index is -1.95. The van der Waals surface area contributed by atoms with E-state index >= 15 is 24.0 Å². The lowest BCUT2D eigenvalue weighted by atomic mass is 9.84. The van der Waals surface area contributed by atoms with Crippen molar-refractivity contribution in [3.8, 4) is 5.75 Å². The molecule has 11 amide bonds. The van der Waals surface area contributed by atoms with Crippen molar-refractivity contribution >= 4 is 137 Å². The lowest BCUT2D eigenvalue weighted by Crippen LogP contribution is -2.63. The normalized spacial score (nSPS) is 26.5. The third kappa shape index (κ3) is 27.6. The van der Waals surface area contributed by atoms with Gasteiger partial charge in [0.05, 0.1) is 49.8 Å². The molecule has 3 saturated heterocycles. The summed E-state index contributed by atoms with van der Waals surface area (Å²) < 4.78 is 29.6. The minimum absolute atomic E-state index is 0.00840. The number of ketones is 1. The number of hydrogen-bond donors (Lipinski definition) is 14. The van der Waals surface area contributed by atoms with Crippen LogP contribution in [-0.2, 0) is 92.6 Å². The summed E-state index contributed by atoms with van der Waals surface area (Å²) in [5.74, 6) is -9.66. The first-order valence-corrected chi connectivity index (χ1v) is 47.2. The number of amides is 11. The number of aliphatic hydroxyl groups is 4. The number of fused-ring (bicyclic) bond motifs is 6. The Morgan fingerprint density at radius 1 is 0.833 bits per heavy atom. The summed E-state index contributed by atoms with van der Waals surface area (Å²) in [5.41, 5.74) is 7.92. The number of nitrogens with one attached hydrogen (secondary N) is 9. The van der Waals surface area contributed by atoms with Gasteiger partial charge in [-0.2, -0.15) is 0 Å². The van der Waals surface area contributed by atoms with Crippen molar-refractivity contribution < 1.29 is 102 Å². The smallest absolute Gasteiger partial charge is 0.409 e. The molecule has 4 heterocycles. The molecule has 33 nitrogen and oxygen atoms in total. The first-order chi connectivity index (χ1) is 60.1. The number of anilines is 1. The third-order valence-corrected chi connectivity index (χ3v) is 28.0. The number of Topliss-reactive ketones (excluding diaryl/α,β-unsaturated/α-hetero) is 1. The van der Waals surface area contributed by atoms with Crippen LogP contribution < -0.4 is 63.2 Å². The maximum Gasteiger partial charge on any atom is 0.409 e. The number of epoxide rings is 1. The molecular weight excluding hydrogens is 1720 g/mol. The van der Waals surface area contributed by atoms with E-state index in [1.165, 1.54) is 80.5 Å². The largest absolute Gasteiger partial charge is 0.495 e. The molecular formula is C88H117ClN12O21S4. The lowest BCUT2D eigenvalue weighted by molar-refractivity contribution is -0.165. The standard InChI is InChI=1S/C88H117ClN12O21S4/c1-49-22-21-30-71(119-10)88(117)45-70(120-86(116)99-88)50(2)75-87(6,122-75)76(83(113)101(8)67-41-56(38-49)42-69(118-9)73(67)89)121-84(114)51(3)100(7)72(106)33-36-123-124-37-35-91-85(115)97-62(40-55-25-15-12-16-26-55)79(109)95-65-47-125-126-48-66(81(111)94-64(46-102)52(4)103)96-82(112)74(53(5)104)98-78(108)61(29-19-20-34-90)92-80(110)63(43-58-32-31-57-27-17-18-28-60(57)58)93-77(107)59(44-68(65)105)39-54-23-13-11-14-24-54/h11-18,21-28,30,32,41-42,50-53,59,61-66,70-71,74-76,102-104,117H,19-20,29,31,33-40,43-48,90H2,1-10H3,(H,92,110)(H,93,107)(H,94,111)(H,95,109)(H,96,112)(H,98,108)(H,99,116)(H2,91,97,115)/b30-21+,49-22+/t50-,51+,52-,53-,59-,61+,62-,63-,64-,65+,66+,70+,71-,74+,75+,76+,87-,88+/m1/s1. The van der Waals surface area contributed by atoms with E-state index in [9.17, 15) is 54.0 Å². The molecule has 4 aliphatic heterocycles. The van der Waals surface area contributed by atoms with E-state index in [2.05, 4.69) is 47.9 Å². The molecule has 5 aliphatic rings. The van der Waals surface area contributed by atoms with Crippen molar-refractivity contribution in [3.05, 3.63) is 160 Å². The number of rotatable bonds is 30. The Hall–Kier alpha value is -9.25. The van der Waals surface area contributed by atoms with Gasteiger partial charge in [0.1, 0.15) is 64.8 Å². The highest BCUT2D eigenvalue weighted by atomic mass is 35.5. The molecule has 4 bridgehead atoms. The highest BCUT2D eigenvalue weighted by molar-refractivity contribution is 8.77. The predicted octanol–water partition coefficient (Wildman–Crippen LogP) is 4.84. The highest BCUT2D eigenvalue weighted by Gasteiger charge is 2.67. The summed E-state index contributed by atoms with van der Waals surface area (Å²) in [6.45, 7) is 8.74. The van der Waals surface area contributed by atoms with E-state index in [4.69, 9.17) is 41.0 Å². The number of benzene rings is 4. The van der Waals surface area contributed by atoms with Crippen molar-refractivity contribution in [2.45, 2.75) is 208 Å². The van der Waals surface area contributed by atoms with E-state index in [-0.39, 0.29) is 91.1 Å². The van der Waals surface area contributed by atoms with Crippen LogP contribution in [0.3, 0.4) is 0 Å². The number of carbonyl (C=O) groups is 12. The second-order valence-electron chi connectivity index (χ2n) is 32.3. The van der Waals surface area contributed by atoms with E-state index in [1.807, 2.05) is 43.3 Å². The molecule has 0 aromatic heterocycles. The van der Waals surface area contributed by atoms with Crippen LogP contribution in [0.1, 0.15) is 114 Å². The van der Waals surface area contributed by atoms with Gasteiger partial charge in [0.15, 0.2) is 11.5 Å². The third-order valence-electron chi connectivity index (χ3n) is 22.8. The predicted molar refractivity (Wildman–Crippen MR) is 482 cm³/mol. The zero-order valence-electron chi connectivity index (χ0n) is 72.2. The van der Waals surface area contributed by atoms with Crippen LogP contribution in [0.15, 0.2) is 127 Å². The summed E-state index contributed by atoms with van der Waals surface area (Å²) >= 11 is 6.94. The Kier molecular flexibility index (Phi) is 38.1. The van der Waals surface area contributed by atoms with E-state index < -0.39 is 192 Å². The number of likely N-dealkylation sites (N-methyl/N-ethyl adjacent to an activating group) is 2. The number of urea groups is 1. The van der Waals surface area contributed by atoms with Crippen LogP contribution in [0.25, 0.3) is 5.57 Å². The van der Waals surface area contributed by atoms with Crippen LogP contribution in [0.2, 0.25) is 5.02 Å². The molecule has 0 unspecified atom stereocenters. The lowest BCUT2D eigenvalue weighted by Gasteiger charge is -2.42. The Morgan fingerprint density at radius 3 is 2.19 bits per heavy atom. The van der Waals surface area contributed by atoms with Gasteiger partial charge in [0.2, 0.25) is 47.5 Å². The van der Waals surface area contributed by atoms with Crippen molar-refractivity contribution in [3.63, 3.8) is 0 Å². The molecule has 126 heavy (non-hydrogen) atoms. The van der Waals surface area contributed by atoms with Crippen LogP contribution in [0.4, 0.5) is 15.3 Å². The average Bonchev–Trinajstić information content (AvgIpc) is 1.56. The number of carbonyl (C=O) groups excluding carboxylic acids is 12. The van der Waals surface area contributed by atoms with Crippen molar-refractivity contribution in [1.82, 2.24) is 52.8 Å². The Morgan fingerprint density at radius 2 is 1.51 bits per heavy atom. The Bertz CT molecular complexity index is 4600. The van der Waals surface area contributed by atoms with Gasteiger partial charge in [0.25, 0.3) is 5.91 Å². The second-order valence-corrected chi connectivity index (χ2v) is 37.9. The summed E-state index contributed by atoms with van der Waals surface area (Å²) in [5, 5.41) is 68.2. The summed E-state index contributed by atoms with van der Waals surface area (Å²) in [4.78, 5) is 177. The molecule has 38 heteroatoms. The summed E-state index contributed by atoms with van der Waals surface area (Å²) in [6, 6.07) is 16.5. The SMILES string of the molecule is COc1cc2cc(c1Cl)N(C)C(=O)[C@H](OC(=O)[C@H](C)N(C)C(=O)CCSSCCNC(=O)N[C@H](Cc1ccccc1)C(=O)N[C@H]1CSSC[C@@H](C(=O)N[C@H](CO)[C@@H](C)O)NC(=O)[C@H]([C@@H](C)O)NC(=O)[C@H](CCCCN)NC(=O)[C@@H](CC3=CCc4ccccc43)NC(=O)[C@H](Cc3ccccc3)CC1=O)[C@]1(C)O[C@H]1[C@H](C)[C@@H]1C[C@@](O)(NC(=O)O1)[C@H](OC)/C=C/C=C(\C)C2. The van der Waals surface area contributed by atoms with Gasteiger partial charge in [-0.25, -0.2) is 14.4 Å². The Labute approximate surface area is 754 Å². The molecule has 9 rings (SSSR count). The molecule has 0 saturated carbocycles. The first kappa shape index (κ1) is 101. The van der Waals surface area contributed by atoms with Crippen LogP contribution in [0.5, 0.6) is 5.75 Å². The van der Waals surface area contributed by atoms with Crippen molar-refractivity contribution in [1.29, 1.82) is 0 Å². The van der Waals surface area contributed by atoms with Crippen LogP contribution >= 0.6 is 54.8 Å². The maximum absolute atomic E-state index is 15.4. The van der Waals surface area contributed by atoms with Gasteiger partial charge in [0, 0.05) is 94.7 Å². The summed E-state index contributed by atoms with van der Waals surface area (Å²) in [6.07, 6.45) is -0.723. The monoisotopic (exact) mass is 1840 g/mol. The second kappa shape index (κ2) is 47.7. The zero-order valence-corrected chi connectivity index (χ0v) is 76.2. The van der Waals surface area contributed by atoms with Gasteiger partial charge < -0.3 is 102 Å². The molecule has 4 aromatic rings. The fraction of sp³-hybridized carbons (Fsp3) is 0.523. The minimum Gasteiger partial charge on any atom is -0.495 e. The quantitative estimate of drug-likeness (QED) is 0.0144. The topological polar surface area (TPSA) is 476 Å². The fourth-order valence-electron chi connectivity index (χ4n) is 15.2. The molecule has 0 spiro atoms. The average molecular weight is 1840 g/mol. The number of unbranched alkanes of at least 4 members (excludes halogenated alkanes) is 1. The highest BCUT2D eigenvalue weighted by Crippen LogP contribution is 2.49. The number of esters is 1.